The molecule has 5 heteroatoms. The van der Waals surface area contributed by atoms with Crippen LogP contribution in [-0.2, 0) is 0 Å². The van der Waals surface area contributed by atoms with E-state index >= 15 is 0 Å². The van der Waals surface area contributed by atoms with Crippen molar-refractivity contribution in [3.63, 3.8) is 0 Å². The van der Waals surface area contributed by atoms with Crippen molar-refractivity contribution in [3.8, 4) is 0 Å². The molecule has 1 saturated heterocycles. The Hall–Kier alpha value is -1.62. The van der Waals surface area contributed by atoms with Crippen LogP contribution in [-0.4, -0.2) is 41.5 Å². The molecule has 0 aromatic carbocycles. The lowest BCUT2D eigenvalue weighted by molar-refractivity contribution is 0.0731. The second-order valence-electron chi connectivity index (χ2n) is 5.34. The number of piperidine rings is 1. The van der Waals surface area contributed by atoms with Gasteiger partial charge >= 0.3 is 0 Å². The Balaban J connectivity index is 2.06. The first-order valence-electron chi connectivity index (χ1n) is 7.42. The molecule has 1 fully saturated rings. The first-order chi connectivity index (χ1) is 9.70. The summed E-state index contributed by atoms with van der Waals surface area (Å²) in [7, 11) is 0. The molecule has 1 aliphatic heterocycles. The maximum absolute atomic E-state index is 12.5. The smallest absolute Gasteiger partial charge is 0.254 e. The number of carbonyl (C=O) groups excluding carboxylic acids is 1. The first-order valence-corrected chi connectivity index (χ1v) is 7.42. The Bertz CT molecular complexity index is 492. The van der Waals surface area contributed by atoms with E-state index in [-0.39, 0.29) is 11.5 Å². The molecule has 1 aromatic heterocycles. The van der Waals surface area contributed by atoms with E-state index in [9.17, 15) is 9.59 Å². The number of H-pyrrole nitrogens is 1. The van der Waals surface area contributed by atoms with Gasteiger partial charge in [-0.1, -0.05) is 13.3 Å². The summed E-state index contributed by atoms with van der Waals surface area (Å²) < 4.78 is 0. The molecule has 1 aromatic rings. The molecule has 0 spiro atoms. The summed E-state index contributed by atoms with van der Waals surface area (Å²) in [4.78, 5) is 28.2. The third-order valence-electron chi connectivity index (χ3n) is 3.66. The molecule has 1 atom stereocenters. The number of nitrogens with one attached hydrogen (secondary N) is 2. The molecule has 2 rings (SSSR count). The molecule has 1 aliphatic rings. The minimum absolute atomic E-state index is 0.0506. The van der Waals surface area contributed by atoms with E-state index in [2.05, 4.69) is 17.2 Å². The molecule has 2 heterocycles. The molecule has 2 N–H and O–H groups in total. The highest BCUT2D eigenvalue weighted by molar-refractivity contribution is 5.94. The SMILES string of the molecule is CCCN(CC1CCCCN1)C(=O)c1cc[nH]c(=O)c1. The normalized spacial score (nSPS) is 18.8. The minimum Gasteiger partial charge on any atom is -0.337 e. The third kappa shape index (κ3) is 3.93. The Morgan fingerprint density at radius 2 is 2.30 bits per heavy atom. The molecular formula is C15H23N3O2. The van der Waals surface area contributed by atoms with Gasteiger partial charge in [-0.25, -0.2) is 0 Å². The Morgan fingerprint density at radius 3 is 2.95 bits per heavy atom. The standard InChI is InChI=1S/C15H23N3O2/c1-2-9-18(11-13-5-3-4-7-16-13)15(20)12-6-8-17-14(19)10-12/h6,8,10,13,16H,2-5,7,9,11H2,1H3,(H,17,19). The number of nitrogens with zero attached hydrogens (tertiary/aromatic N) is 1. The lowest BCUT2D eigenvalue weighted by Crippen LogP contribution is -2.46. The highest BCUT2D eigenvalue weighted by Crippen LogP contribution is 2.11. The Morgan fingerprint density at radius 1 is 1.45 bits per heavy atom. The lowest BCUT2D eigenvalue weighted by atomic mass is 10.0. The van der Waals surface area contributed by atoms with Crippen LogP contribution in [0.2, 0.25) is 0 Å². The molecule has 1 unspecified atom stereocenters. The summed E-state index contributed by atoms with van der Waals surface area (Å²) in [6.45, 7) is 4.54. The summed E-state index contributed by atoms with van der Waals surface area (Å²) >= 11 is 0. The number of carbonyl (C=O) groups is 1. The van der Waals surface area contributed by atoms with Crippen LogP contribution in [0.25, 0.3) is 0 Å². The van der Waals surface area contributed by atoms with Gasteiger partial charge in [-0.05, 0) is 31.9 Å². The fourth-order valence-electron chi connectivity index (χ4n) is 2.65. The monoisotopic (exact) mass is 277 g/mol. The quantitative estimate of drug-likeness (QED) is 0.854. The lowest BCUT2D eigenvalue weighted by Gasteiger charge is -2.30. The molecular weight excluding hydrogens is 254 g/mol. The highest BCUT2D eigenvalue weighted by atomic mass is 16.2. The number of rotatable bonds is 5. The van der Waals surface area contributed by atoms with Gasteiger partial charge in [0, 0.05) is 37.0 Å². The van der Waals surface area contributed by atoms with Crippen molar-refractivity contribution >= 4 is 5.91 Å². The summed E-state index contributed by atoms with van der Waals surface area (Å²) in [5, 5.41) is 3.46. The topological polar surface area (TPSA) is 65.2 Å². The number of aromatic amines is 1. The van der Waals surface area contributed by atoms with Crippen LogP contribution >= 0.6 is 0 Å². The maximum Gasteiger partial charge on any atom is 0.254 e. The van der Waals surface area contributed by atoms with Crippen molar-refractivity contribution in [3.05, 3.63) is 34.2 Å². The van der Waals surface area contributed by atoms with Gasteiger partial charge in [0.05, 0.1) is 0 Å². The second kappa shape index (κ2) is 7.24. The minimum atomic E-state index is -0.233. The van der Waals surface area contributed by atoms with Crippen molar-refractivity contribution in [2.24, 2.45) is 0 Å². The van der Waals surface area contributed by atoms with Gasteiger partial charge in [-0.15, -0.1) is 0 Å². The number of aromatic nitrogens is 1. The zero-order valence-electron chi connectivity index (χ0n) is 12.0. The van der Waals surface area contributed by atoms with Gasteiger partial charge < -0.3 is 15.2 Å². The average molecular weight is 277 g/mol. The van der Waals surface area contributed by atoms with Crippen molar-refractivity contribution in [1.29, 1.82) is 0 Å². The van der Waals surface area contributed by atoms with E-state index in [4.69, 9.17) is 0 Å². The van der Waals surface area contributed by atoms with Crippen molar-refractivity contribution in [2.45, 2.75) is 38.6 Å². The molecule has 0 radical (unpaired) electrons. The van der Waals surface area contributed by atoms with E-state index in [1.54, 1.807) is 6.07 Å². The largest absolute Gasteiger partial charge is 0.337 e. The summed E-state index contributed by atoms with van der Waals surface area (Å²) in [5.74, 6) is -0.0506. The molecule has 20 heavy (non-hydrogen) atoms. The maximum atomic E-state index is 12.5. The van der Waals surface area contributed by atoms with Gasteiger partial charge in [0.15, 0.2) is 0 Å². The molecule has 5 nitrogen and oxygen atoms in total. The highest BCUT2D eigenvalue weighted by Gasteiger charge is 2.21. The van der Waals surface area contributed by atoms with Gasteiger partial charge in [0.25, 0.3) is 5.91 Å². The molecule has 1 amide bonds. The Kier molecular flexibility index (Phi) is 5.35. The van der Waals surface area contributed by atoms with Gasteiger partial charge in [-0.2, -0.15) is 0 Å². The van der Waals surface area contributed by atoms with E-state index in [0.717, 1.165) is 32.5 Å². The summed E-state index contributed by atoms with van der Waals surface area (Å²) in [6, 6.07) is 3.42. The molecule has 0 bridgehead atoms. The van der Waals surface area contributed by atoms with Crippen molar-refractivity contribution in [1.82, 2.24) is 15.2 Å². The fraction of sp³-hybridized carbons (Fsp3) is 0.600. The van der Waals surface area contributed by atoms with Crippen LogP contribution in [0.5, 0.6) is 0 Å². The van der Waals surface area contributed by atoms with Crippen molar-refractivity contribution < 1.29 is 4.79 Å². The van der Waals surface area contributed by atoms with Crippen LogP contribution in [0.4, 0.5) is 0 Å². The zero-order chi connectivity index (χ0) is 14.4. The van der Waals surface area contributed by atoms with Gasteiger partial charge in [-0.3, -0.25) is 9.59 Å². The summed E-state index contributed by atoms with van der Waals surface area (Å²) in [5.41, 5.74) is 0.237. The van der Waals surface area contributed by atoms with E-state index in [0.29, 0.717) is 11.6 Å². The average Bonchev–Trinajstić information content (AvgIpc) is 2.47. The number of pyridine rings is 1. The van der Waals surface area contributed by atoms with Crippen molar-refractivity contribution in [2.75, 3.05) is 19.6 Å². The number of hydrogen-bond acceptors (Lipinski definition) is 3. The second-order valence-corrected chi connectivity index (χ2v) is 5.34. The van der Waals surface area contributed by atoms with Crippen LogP contribution < -0.4 is 10.9 Å². The molecule has 110 valence electrons. The molecule has 0 aliphatic carbocycles. The zero-order valence-corrected chi connectivity index (χ0v) is 12.0. The van der Waals surface area contributed by atoms with E-state index < -0.39 is 0 Å². The van der Waals surface area contributed by atoms with Crippen LogP contribution in [0.3, 0.4) is 0 Å². The molecule has 0 saturated carbocycles. The van der Waals surface area contributed by atoms with Crippen LogP contribution in [0.15, 0.2) is 23.1 Å². The summed E-state index contributed by atoms with van der Waals surface area (Å²) in [6.07, 6.45) is 5.99. The number of hydrogen-bond donors (Lipinski definition) is 2. The van der Waals surface area contributed by atoms with E-state index in [1.165, 1.54) is 25.1 Å². The van der Waals surface area contributed by atoms with Gasteiger partial charge in [0.1, 0.15) is 0 Å². The fourth-order valence-corrected chi connectivity index (χ4v) is 2.65. The number of amides is 1. The third-order valence-corrected chi connectivity index (χ3v) is 3.66. The predicted octanol–water partition coefficient (Wildman–Crippen LogP) is 1.37. The van der Waals surface area contributed by atoms with Crippen LogP contribution in [0, 0.1) is 0 Å². The predicted molar refractivity (Wildman–Crippen MR) is 78.9 cm³/mol. The van der Waals surface area contributed by atoms with E-state index in [1.807, 2.05) is 4.90 Å². The van der Waals surface area contributed by atoms with Crippen LogP contribution in [0.1, 0.15) is 43.0 Å². The first kappa shape index (κ1) is 14.8. The Labute approximate surface area is 119 Å². The van der Waals surface area contributed by atoms with Gasteiger partial charge in [0.2, 0.25) is 5.56 Å².